The summed E-state index contributed by atoms with van der Waals surface area (Å²) < 4.78 is 34.2. The molecule has 4 aliphatic carbocycles. The van der Waals surface area contributed by atoms with E-state index in [1.807, 2.05) is 0 Å². The van der Waals surface area contributed by atoms with E-state index in [1.54, 1.807) is 0 Å². The van der Waals surface area contributed by atoms with Crippen molar-refractivity contribution in [2.24, 2.45) is 44.8 Å². The smallest absolute Gasteiger partial charge is 0.278 e. The third-order valence-corrected chi connectivity index (χ3v) is 15.3. The topological polar surface area (TPSA) is 70.9 Å². The van der Waals surface area contributed by atoms with Gasteiger partial charge in [-0.15, -0.1) is 10.3 Å². The van der Waals surface area contributed by atoms with Crippen LogP contribution in [0.1, 0.15) is 52.4 Å². The molecule has 48 heavy (non-hydrogen) atoms. The fourth-order valence-electron chi connectivity index (χ4n) is 9.47. The third kappa shape index (κ3) is 9.16. The predicted octanol–water partition coefficient (Wildman–Crippen LogP) is 10.5. The van der Waals surface area contributed by atoms with Crippen LogP contribution in [0, 0.1) is 34.5 Å². The van der Waals surface area contributed by atoms with Gasteiger partial charge in [-0.3, -0.25) is 0 Å². The zero-order valence-electron chi connectivity index (χ0n) is 33.9. The summed E-state index contributed by atoms with van der Waals surface area (Å²) in [5, 5.41) is 9.79. The minimum absolute atomic E-state index is 0.0520. The van der Waals surface area contributed by atoms with Gasteiger partial charge in [0.25, 0.3) is 16.6 Å². The van der Waals surface area contributed by atoms with E-state index >= 15 is 0 Å². The molecule has 7 nitrogen and oxygen atoms in total. The standard InChI is InChI=1S/C36H72N2O5Si5/c1-34-22-20-28(37-42-47(12,13)14)24-27(34)18-19-29-30-21-23-36(41-46(9,10)11,32(26-39-44(3,4)5)38-43-48(15,16)17)35(30,2)25-31(33(29)34)40-45(6,7)8/h20,22,27,29-31,33H,18-19,21,23-26H2,1-17H3/t27?,29?,30?,31?,33?,34?,35?,36-/m0/s1. The molecule has 0 spiro atoms. The average Bonchev–Trinajstić information content (AvgIpc) is 3.15. The van der Waals surface area contributed by atoms with Crippen LogP contribution < -0.4 is 0 Å². The van der Waals surface area contributed by atoms with E-state index in [-0.39, 0.29) is 16.9 Å². The molecule has 0 heterocycles. The fraction of sp³-hybridized carbons (Fsp3) is 0.889. The maximum absolute atomic E-state index is 7.60. The Morgan fingerprint density at radius 1 is 0.771 bits per heavy atom. The molecule has 0 radical (unpaired) electrons. The first-order valence-electron chi connectivity index (χ1n) is 18.8. The minimum atomic E-state index is -2.05. The Kier molecular flexibility index (Phi) is 11.4. The van der Waals surface area contributed by atoms with Crippen molar-refractivity contribution in [3.63, 3.8) is 0 Å². The molecule has 0 aliphatic heterocycles. The van der Waals surface area contributed by atoms with E-state index in [9.17, 15) is 0 Å². The van der Waals surface area contributed by atoms with Crippen molar-refractivity contribution in [2.45, 2.75) is 162 Å². The summed E-state index contributed by atoms with van der Waals surface area (Å²) in [6.45, 7) is 39.7. The highest BCUT2D eigenvalue weighted by Gasteiger charge is 2.70. The van der Waals surface area contributed by atoms with Crippen LogP contribution in [0.25, 0.3) is 0 Å². The second-order valence-electron chi connectivity index (χ2n) is 20.9. The van der Waals surface area contributed by atoms with Crippen molar-refractivity contribution < 1.29 is 22.3 Å². The quantitative estimate of drug-likeness (QED) is 0.113. The van der Waals surface area contributed by atoms with E-state index in [2.05, 4.69) is 129 Å². The van der Waals surface area contributed by atoms with Crippen LogP contribution >= 0.6 is 0 Å². The first-order valence-corrected chi connectivity index (χ1v) is 35.8. The summed E-state index contributed by atoms with van der Waals surface area (Å²) in [5.74, 6) is 2.07. The first-order chi connectivity index (χ1) is 21.6. The van der Waals surface area contributed by atoms with Gasteiger partial charge in [0.15, 0.2) is 25.0 Å². The van der Waals surface area contributed by atoms with Gasteiger partial charge in [-0.1, -0.05) is 19.9 Å². The zero-order valence-corrected chi connectivity index (χ0v) is 38.9. The van der Waals surface area contributed by atoms with Gasteiger partial charge in [-0.2, -0.15) is 0 Å². The molecule has 7 unspecified atom stereocenters. The summed E-state index contributed by atoms with van der Waals surface area (Å²) in [5.41, 5.74) is 1.46. The lowest BCUT2D eigenvalue weighted by atomic mass is 9.44. The minimum Gasteiger partial charge on any atom is -0.456 e. The first kappa shape index (κ1) is 40.4. The molecule has 3 fully saturated rings. The molecule has 0 saturated heterocycles. The predicted molar refractivity (Wildman–Crippen MR) is 215 cm³/mol. The highest BCUT2D eigenvalue weighted by molar-refractivity contribution is 6.71. The van der Waals surface area contributed by atoms with Crippen molar-refractivity contribution in [1.29, 1.82) is 0 Å². The number of allylic oxidation sites excluding steroid dienone is 2. The molecule has 0 aromatic heterocycles. The van der Waals surface area contributed by atoms with Crippen LogP contribution in [0.3, 0.4) is 0 Å². The van der Waals surface area contributed by atoms with E-state index < -0.39 is 47.2 Å². The second kappa shape index (κ2) is 13.6. The Morgan fingerprint density at radius 2 is 1.40 bits per heavy atom. The summed E-state index contributed by atoms with van der Waals surface area (Å²) in [4.78, 5) is 0. The van der Waals surface area contributed by atoms with Gasteiger partial charge in [0.05, 0.1) is 12.3 Å². The summed E-state index contributed by atoms with van der Waals surface area (Å²) in [7, 11) is -9.48. The van der Waals surface area contributed by atoms with Crippen LogP contribution in [-0.4, -0.2) is 71.3 Å². The molecule has 4 aliphatic rings. The lowest BCUT2D eigenvalue weighted by molar-refractivity contribution is -0.156. The summed E-state index contributed by atoms with van der Waals surface area (Å²) >= 11 is 0. The number of fused-ring (bicyclic) bond motifs is 5. The van der Waals surface area contributed by atoms with Crippen LogP contribution in [-0.2, 0) is 22.3 Å². The normalized spacial score (nSPS) is 37.2. The van der Waals surface area contributed by atoms with Crippen molar-refractivity contribution in [3.8, 4) is 0 Å². The third-order valence-electron chi connectivity index (χ3n) is 11.0. The van der Waals surface area contributed by atoms with E-state index in [0.717, 1.165) is 37.1 Å². The number of hydrogen-bond donors (Lipinski definition) is 0. The SMILES string of the molecule is CC12C=CC(=NO[Si](C)(C)C)CC1CCC1C2C(O[Si](C)(C)C)CC2(C)C1CC[C@]2(O[Si](C)(C)C)C(CO[Si](C)(C)C)=NO[Si](C)(C)C. The molecule has 0 aromatic carbocycles. The Labute approximate surface area is 300 Å². The van der Waals surface area contributed by atoms with Crippen molar-refractivity contribution in [3.05, 3.63) is 12.2 Å². The average molecular weight is 753 g/mol. The molecule has 8 atom stereocenters. The maximum Gasteiger partial charge on any atom is 0.278 e. The highest BCUT2D eigenvalue weighted by atomic mass is 28.4. The molecule has 4 rings (SSSR count). The van der Waals surface area contributed by atoms with Gasteiger partial charge < -0.3 is 22.3 Å². The van der Waals surface area contributed by atoms with Crippen molar-refractivity contribution in [1.82, 2.24) is 0 Å². The number of rotatable bonds is 12. The lowest BCUT2D eigenvalue weighted by Crippen LogP contribution is -2.66. The fourth-order valence-corrected chi connectivity index (χ4v) is 13.5. The monoisotopic (exact) mass is 752 g/mol. The Bertz CT molecular complexity index is 1260. The van der Waals surface area contributed by atoms with Crippen LogP contribution in [0.15, 0.2) is 22.5 Å². The molecular formula is C36H72N2O5Si5. The number of nitrogens with zero attached hydrogens (tertiary/aromatic N) is 2. The van der Waals surface area contributed by atoms with Crippen LogP contribution in [0.2, 0.25) is 98.2 Å². The van der Waals surface area contributed by atoms with Crippen LogP contribution in [0.5, 0.6) is 0 Å². The molecule has 0 amide bonds. The number of oxime groups is 2. The summed E-state index contributed by atoms with van der Waals surface area (Å²) in [6, 6.07) is 0. The lowest BCUT2D eigenvalue weighted by Gasteiger charge is -2.63. The Hall–Kier alpha value is -0.356. The zero-order chi connectivity index (χ0) is 36.4. The molecule has 0 aromatic rings. The van der Waals surface area contributed by atoms with Gasteiger partial charge >= 0.3 is 0 Å². The summed E-state index contributed by atoms with van der Waals surface area (Å²) in [6.07, 6.45) is 11.5. The van der Waals surface area contributed by atoms with Gasteiger partial charge in [0.1, 0.15) is 11.3 Å². The largest absolute Gasteiger partial charge is 0.456 e. The molecule has 3 saturated carbocycles. The molecular weight excluding hydrogens is 681 g/mol. The Balaban J connectivity index is 1.85. The van der Waals surface area contributed by atoms with E-state index in [0.29, 0.717) is 30.3 Å². The molecule has 0 N–H and O–H groups in total. The number of hydrogen-bond acceptors (Lipinski definition) is 7. The van der Waals surface area contributed by atoms with E-state index in [4.69, 9.17) is 27.5 Å². The van der Waals surface area contributed by atoms with Gasteiger partial charge in [0.2, 0.25) is 0 Å². The Morgan fingerprint density at radius 3 is 1.94 bits per heavy atom. The molecule has 0 bridgehead atoms. The highest BCUT2D eigenvalue weighted by Crippen LogP contribution is 2.69. The van der Waals surface area contributed by atoms with Crippen LogP contribution in [0.4, 0.5) is 0 Å². The van der Waals surface area contributed by atoms with Gasteiger partial charge in [-0.05, 0) is 172 Å². The molecule has 276 valence electrons. The van der Waals surface area contributed by atoms with Crippen molar-refractivity contribution >= 4 is 53.0 Å². The van der Waals surface area contributed by atoms with Gasteiger partial charge in [0, 0.05) is 11.5 Å². The maximum atomic E-state index is 7.60. The van der Waals surface area contributed by atoms with Gasteiger partial charge in [-0.25, -0.2) is 0 Å². The van der Waals surface area contributed by atoms with E-state index in [1.165, 1.54) is 12.8 Å². The van der Waals surface area contributed by atoms with Crippen molar-refractivity contribution in [2.75, 3.05) is 6.61 Å². The molecule has 12 heteroatoms. The second-order valence-corrected chi connectivity index (χ2v) is 43.1.